The molecule has 0 heterocycles. The lowest BCUT2D eigenvalue weighted by Gasteiger charge is -2.20. The summed E-state index contributed by atoms with van der Waals surface area (Å²) in [4.78, 5) is 4.09. The van der Waals surface area contributed by atoms with Crippen LogP contribution in [0.25, 0.3) is 0 Å². The van der Waals surface area contributed by atoms with Crippen molar-refractivity contribution in [2.24, 2.45) is 10.9 Å². The zero-order chi connectivity index (χ0) is 13.5. The van der Waals surface area contributed by atoms with Gasteiger partial charge in [-0.1, -0.05) is 13.8 Å². The average Bonchev–Trinajstić information content (AvgIpc) is 2.20. The minimum atomic E-state index is -2.87. The molecule has 0 spiro atoms. The van der Waals surface area contributed by atoms with Crippen molar-refractivity contribution in [1.82, 2.24) is 10.6 Å². The minimum Gasteiger partial charge on any atom is -0.356 e. The monoisotopic (exact) mass is 391 g/mol. The number of nitrogens with zero attached hydrogens (tertiary/aromatic N) is 1. The van der Waals surface area contributed by atoms with Gasteiger partial charge >= 0.3 is 0 Å². The summed E-state index contributed by atoms with van der Waals surface area (Å²) in [5.74, 6) is 1.45. The molecular formula is C11H26IN3O2S. The summed E-state index contributed by atoms with van der Waals surface area (Å²) in [6, 6.07) is 0.330. The summed E-state index contributed by atoms with van der Waals surface area (Å²) in [5.41, 5.74) is 0. The Kier molecular flexibility index (Phi) is 11.1. The van der Waals surface area contributed by atoms with E-state index in [0.29, 0.717) is 24.9 Å². The lowest BCUT2D eigenvalue weighted by atomic mass is 10.1. The van der Waals surface area contributed by atoms with E-state index in [1.165, 1.54) is 6.26 Å². The molecule has 0 rings (SSSR count). The van der Waals surface area contributed by atoms with Crippen LogP contribution >= 0.6 is 24.0 Å². The highest BCUT2D eigenvalue weighted by Gasteiger charge is 2.08. The summed E-state index contributed by atoms with van der Waals surface area (Å²) in [6.45, 7) is 6.97. The summed E-state index contributed by atoms with van der Waals surface area (Å²) in [6.07, 6.45) is 1.84. The van der Waals surface area contributed by atoms with Crippen LogP contribution in [0.2, 0.25) is 0 Å². The van der Waals surface area contributed by atoms with E-state index in [9.17, 15) is 8.42 Å². The number of guanidine groups is 1. The predicted molar refractivity (Wildman–Crippen MR) is 88.5 cm³/mol. The lowest BCUT2D eigenvalue weighted by molar-refractivity contribution is 0.481. The van der Waals surface area contributed by atoms with Gasteiger partial charge in [-0.15, -0.1) is 24.0 Å². The molecule has 1 unspecified atom stereocenters. The van der Waals surface area contributed by atoms with Crippen LogP contribution in [0, 0.1) is 5.92 Å². The Morgan fingerprint density at radius 2 is 1.83 bits per heavy atom. The van der Waals surface area contributed by atoms with E-state index in [0.717, 1.165) is 5.96 Å². The topological polar surface area (TPSA) is 70.6 Å². The molecule has 0 saturated carbocycles. The van der Waals surface area contributed by atoms with Gasteiger partial charge in [0.15, 0.2) is 5.96 Å². The maximum atomic E-state index is 10.9. The molecule has 0 aliphatic heterocycles. The first-order chi connectivity index (χ1) is 7.76. The van der Waals surface area contributed by atoms with Crippen LogP contribution in [0.4, 0.5) is 0 Å². The van der Waals surface area contributed by atoms with Crippen LogP contribution in [0.1, 0.15) is 27.2 Å². The Morgan fingerprint density at radius 1 is 1.28 bits per heavy atom. The number of halogens is 1. The molecule has 1 atom stereocenters. The van der Waals surface area contributed by atoms with Crippen LogP contribution in [-0.2, 0) is 9.84 Å². The normalized spacial score (nSPS) is 14.0. The molecule has 0 aromatic carbocycles. The third kappa shape index (κ3) is 11.1. The Balaban J connectivity index is 0. The van der Waals surface area contributed by atoms with Crippen LogP contribution in [0.15, 0.2) is 4.99 Å². The Morgan fingerprint density at radius 3 is 2.22 bits per heavy atom. The highest BCUT2D eigenvalue weighted by Crippen LogP contribution is 1.99. The molecule has 0 bridgehead atoms. The molecule has 0 radical (unpaired) electrons. The molecule has 0 saturated heterocycles. The highest BCUT2D eigenvalue weighted by molar-refractivity contribution is 14.0. The molecule has 0 aromatic rings. The van der Waals surface area contributed by atoms with Crippen molar-refractivity contribution in [3.05, 3.63) is 0 Å². The van der Waals surface area contributed by atoms with Gasteiger partial charge in [-0.25, -0.2) is 8.42 Å². The Bertz CT molecular complexity index is 342. The van der Waals surface area contributed by atoms with Gasteiger partial charge < -0.3 is 10.6 Å². The molecule has 0 amide bonds. The molecular weight excluding hydrogens is 365 g/mol. The predicted octanol–water partition coefficient (Wildman–Crippen LogP) is 1.25. The largest absolute Gasteiger partial charge is 0.356 e. The second-order valence-corrected chi connectivity index (χ2v) is 6.92. The lowest BCUT2D eigenvalue weighted by Crippen LogP contribution is -2.44. The molecule has 0 aliphatic carbocycles. The smallest absolute Gasteiger partial charge is 0.191 e. The summed E-state index contributed by atoms with van der Waals surface area (Å²) in [5, 5.41) is 6.36. The van der Waals surface area contributed by atoms with Gasteiger partial charge in [0.05, 0.1) is 5.75 Å². The maximum Gasteiger partial charge on any atom is 0.191 e. The number of nitrogens with one attached hydrogen (secondary N) is 2. The van der Waals surface area contributed by atoms with E-state index in [-0.39, 0.29) is 29.7 Å². The van der Waals surface area contributed by atoms with E-state index >= 15 is 0 Å². The first-order valence-corrected chi connectivity index (χ1v) is 7.97. The third-order valence-corrected chi connectivity index (χ3v) is 3.60. The second-order valence-electron chi connectivity index (χ2n) is 4.66. The standard InChI is InChI=1S/C11H25N3O2S.HI/c1-9(2)10(3)14-11(12-4)13-7-6-8-17(5,15)16;/h9-10H,6-8H2,1-5H3,(H2,12,13,14);1H. The van der Waals surface area contributed by atoms with Gasteiger partial charge in [0.2, 0.25) is 0 Å². The van der Waals surface area contributed by atoms with Gasteiger partial charge in [-0.2, -0.15) is 0 Å². The van der Waals surface area contributed by atoms with Crippen molar-refractivity contribution < 1.29 is 8.42 Å². The first-order valence-electron chi connectivity index (χ1n) is 5.91. The van der Waals surface area contributed by atoms with Crippen molar-refractivity contribution in [1.29, 1.82) is 0 Å². The number of aliphatic imine (C=N–C) groups is 1. The van der Waals surface area contributed by atoms with Crippen LogP contribution in [0.5, 0.6) is 0 Å². The summed E-state index contributed by atoms with van der Waals surface area (Å²) in [7, 11) is -1.16. The van der Waals surface area contributed by atoms with Crippen molar-refractivity contribution >= 4 is 39.8 Å². The van der Waals surface area contributed by atoms with Crippen LogP contribution in [0.3, 0.4) is 0 Å². The number of sulfone groups is 1. The molecule has 110 valence electrons. The van der Waals surface area contributed by atoms with Crippen molar-refractivity contribution in [3.8, 4) is 0 Å². The average molecular weight is 391 g/mol. The number of hydrogen-bond donors (Lipinski definition) is 2. The zero-order valence-electron chi connectivity index (χ0n) is 11.9. The molecule has 0 fully saturated rings. The van der Waals surface area contributed by atoms with Crippen LogP contribution in [-0.4, -0.2) is 46.0 Å². The fraction of sp³-hybridized carbons (Fsp3) is 0.909. The van der Waals surface area contributed by atoms with Crippen LogP contribution < -0.4 is 10.6 Å². The fourth-order valence-electron chi connectivity index (χ4n) is 1.12. The van der Waals surface area contributed by atoms with Crippen molar-refractivity contribution in [2.45, 2.75) is 33.2 Å². The van der Waals surface area contributed by atoms with Gasteiger partial charge in [0.1, 0.15) is 9.84 Å². The second kappa shape index (κ2) is 9.82. The molecule has 0 aliphatic rings. The van der Waals surface area contributed by atoms with Gasteiger partial charge in [0.25, 0.3) is 0 Å². The fourth-order valence-corrected chi connectivity index (χ4v) is 1.79. The van der Waals surface area contributed by atoms with E-state index in [2.05, 4.69) is 36.4 Å². The number of rotatable bonds is 6. The third-order valence-electron chi connectivity index (χ3n) is 2.57. The maximum absolute atomic E-state index is 10.9. The molecule has 2 N–H and O–H groups in total. The van der Waals surface area contributed by atoms with E-state index in [1.54, 1.807) is 7.05 Å². The summed E-state index contributed by atoms with van der Waals surface area (Å²) < 4.78 is 21.9. The SMILES string of the molecule is CN=C(NCCCS(C)(=O)=O)NC(C)C(C)C.I. The van der Waals surface area contributed by atoms with Gasteiger partial charge in [-0.3, -0.25) is 4.99 Å². The van der Waals surface area contributed by atoms with E-state index < -0.39 is 9.84 Å². The van der Waals surface area contributed by atoms with Crippen molar-refractivity contribution in [3.63, 3.8) is 0 Å². The zero-order valence-corrected chi connectivity index (χ0v) is 15.0. The van der Waals surface area contributed by atoms with Gasteiger partial charge in [-0.05, 0) is 19.3 Å². The Hall–Kier alpha value is -0.0500. The minimum absolute atomic E-state index is 0. The highest BCUT2D eigenvalue weighted by atomic mass is 127. The van der Waals surface area contributed by atoms with Crippen molar-refractivity contribution in [2.75, 3.05) is 25.6 Å². The van der Waals surface area contributed by atoms with Gasteiger partial charge in [0, 0.05) is 25.9 Å². The molecule has 5 nitrogen and oxygen atoms in total. The Labute approximate surface area is 128 Å². The summed E-state index contributed by atoms with van der Waals surface area (Å²) >= 11 is 0. The quantitative estimate of drug-likeness (QED) is 0.310. The van der Waals surface area contributed by atoms with E-state index in [1.807, 2.05) is 0 Å². The molecule has 0 aromatic heterocycles. The van der Waals surface area contributed by atoms with E-state index in [4.69, 9.17) is 0 Å². The first kappa shape index (κ1) is 20.3. The molecule has 7 heteroatoms. The molecule has 18 heavy (non-hydrogen) atoms. The number of hydrogen-bond acceptors (Lipinski definition) is 3.